The Morgan fingerprint density at radius 1 is 1.10 bits per heavy atom. The Kier molecular flexibility index (Phi) is 5.68. The number of halogens is 2. The molecule has 0 aliphatic rings. The normalized spacial score (nSPS) is 12.6. The summed E-state index contributed by atoms with van der Waals surface area (Å²) in [4.78, 5) is 0. The van der Waals surface area contributed by atoms with E-state index in [-0.39, 0.29) is 6.04 Å². The summed E-state index contributed by atoms with van der Waals surface area (Å²) in [5, 5.41) is 7.62. The minimum absolute atomic E-state index is 0.200. The average Bonchev–Trinajstić information content (AvgIpc) is 2.87. The van der Waals surface area contributed by atoms with Crippen LogP contribution < -0.4 is 5.32 Å². The Balaban J connectivity index is 2.05. The second kappa shape index (κ2) is 7.50. The summed E-state index contributed by atoms with van der Waals surface area (Å²) in [5.74, 6) is -1.02. The van der Waals surface area contributed by atoms with Crippen molar-refractivity contribution in [2.45, 2.75) is 32.2 Å². The third-order valence-electron chi connectivity index (χ3n) is 3.15. The van der Waals surface area contributed by atoms with Gasteiger partial charge in [-0.15, -0.1) is 0 Å². The van der Waals surface area contributed by atoms with Crippen molar-refractivity contribution in [3.63, 3.8) is 0 Å². The summed E-state index contributed by atoms with van der Waals surface area (Å²) in [6, 6.07) is 6.04. The Morgan fingerprint density at radius 3 is 2.40 bits per heavy atom. The topological polar surface area (TPSA) is 12.0 Å². The number of rotatable bonds is 7. The van der Waals surface area contributed by atoms with E-state index in [4.69, 9.17) is 0 Å². The van der Waals surface area contributed by atoms with Gasteiger partial charge in [0, 0.05) is 12.1 Å². The highest BCUT2D eigenvalue weighted by atomic mass is 32.1. The van der Waals surface area contributed by atoms with Gasteiger partial charge in [0.25, 0.3) is 0 Å². The summed E-state index contributed by atoms with van der Waals surface area (Å²) in [7, 11) is 0. The fourth-order valence-corrected chi connectivity index (χ4v) is 2.95. The van der Waals surface area contributed by atoms with Crippen LogP contribution in [-0.4, -0.2) is 12.6 Å². The summed E-state index contributed by atoms with van der Waals surface area (Å²) in [6.45, 7) is 3.02. The lowest BCUT2D eigenvalue weighted by Crippen LogP contribution is -2.33. The Morgan fingerprint density at radius 2 is 1.80 bits per heavy atom. The molecule has 0 fully saturated rings. The fourth-order valence-electron chi connectivity index (χ4n) is 2.27. The first-order valence-electron chi connectivity index (χ1n) is 6.87. The molecule has 0 spiro atoms. The van der Waals surface area contributed by atoms with Gasteiger partial charge in [-0.2, -0.15) is 11.3 Å². The summed E-state index contributed by atoms with van der Waals surface area (Å²) in [5.41, 5.74) is 1.96. The largest absolute Gasteiger partial charge is 0.313 e. The highest BCUT2D eigenvalue weighted by molar-refractivity contribution is 7.07. The lowest BCUT2D eigenvalue weighted by atomic mass is 10.00. The van der Waals surface area contributed by atoms with Crippen LogP contribution in [0.3, 0.4) is 0 Å². The second-order valence-electron chi connectivity index (χ2n) is 4.97. The van der Waals surface area contributed by atoms with Gasteiger partial charge in [-0.3, -0.25) is 0 Å². The fraction of sp³-hybridized carbons (Fsp3) is 0.375. The number of benzene rings is 1. The van der Waals surface area contributed by atoms with Crippen molar-refractivity contribution in [3.05, 3.63) is 57.8 Å². The third-order valence-corrected chi connectivity index (χ3v) is 3.88. The van der Waals surface area contributed by atoms with Crippen LogP contribution >= 0.6 is 11.3 Å². The van der Waals surface area contributed by atoms with Gasteiger partial charge in [0.15, 0.2) is 0 Å². The Labute approximate surface area is 122 Å². The smallest absolute Gasteiger partial charge is 0.126 e. The van der Waals surface area contributed by atoms with E-state index in [1.165, 1.54) is 17.7 Å². The lowest BCUT2D eigenvalue weighted by Gasteiger charge is -2.18. The molecule has 108 valence electrons. The van der Waals surface area contributed by atoms with Gasteiger partial charge in [0.05, 0.1) is 0 Å². The van der Waals surface area contributed by atoms with Crippen LogP contribution in [-0.2, 0) is 12.8 Å². The van der Waals surface area contributed by atoms with Crippen LogP contribution in [0.1, 0.15) is 24.5 Å². The van der Waals surface area contributed by atoms with Crippen molar-refractivity contribution in [1.82, 2.24) is 5.32 Å². The maximum atomic E-state index is 13.2. The first-order chi connectivity index (χ1) is 9.67. The first-order valence-corrected chi connectivity index (χ1v) is 7.81. The van der Waals surface area contributed by atoms with Gasteiger partial charge in [0.2, 0.25) is 0 Å². The van der Waals surface area contributed by atoms with E-state index in [9.17, 15) is 8.78 Å². The SMILES string of the molecule is CCCNC(Cc1ccsc1)Cc1cc(F)cc(F)c1. The monoisotopic (exact) mass is 295 g/mol. The van der Waals surface area contributed by atoms with Crippen molar-refractivity contribution in [2.24, 2.45) is 0 Å². The van der Waals surface area contributed by atoms with E-state index in [1.54, 1.807) is 11.3 Å². The molecule has 0 radical (unpaired) electrons. The number of nitrogens with one attached hydrogen (secondary N) is 1. The minimum Gasteiger partial charge on any atom is -0.313 e. The van der Waals surface area contributed by atoms with Crippen LogP contribution in [0.4, 0.5) is 8.78 Å². The molecule has 0 saturated carbocycles. The molecule has 0 saturated heterocycles. The van der Waals surface area contributed by atoms with E-state index >= 15 is 0 Å². The van der Waals surface area contributed by atoms with Crippen molar-refractivity contribution in [2.75, 3.05) is 6.54 Å². The number of hydrogen-bond donors (Lipinski definition) is 1. The average molecular weight is 295 g/mol. The van der Waals surface area contributed by atoms with Gasteiger partial charge in [-0.1, -0.05) is 6.92 Å². The summed E-state index contributed by atoms with van der Waals surface area (Å²) < 4.78 is 26.5. The van der Waals surface area contributed by atoms with Crippen molar-refractivity contribution in [3.8, 4) is 0 Å². The molecule has 1 aromatic heterocycles. The quantitative estimate of drug-likeness (QED) is 0.808. The molecule has 1 heterocycles. The zero-order valence-corrected chi connectivity index (χ0v) is 12.4. The summed E-state index contributed by atoms with van der Waals surface area (Å²) >= 11 is 1.67. The molecule has 0 amide bonds. The predicted octanol–water partition coefficient (Wildman–Crippen LogP) is 4.18. The maximum absolute atomic E-state index is 13.2. The van der Waals surface area contributed by atoms with Crippen molar-refractivity contribution in [1.29, 1.82) is 0 Å². The standard InChI is InChI=1S/C16H19F2NS/c1-2-4-19-16(8-12-3-5-20-11-12)9-13-6-14(17)10-15(18)7-13/h3,5-7,10-11,16,19H,2,4,8-9H2,1H3. The number of thiophene rings is 1. The van der Waals surface area contributed by atoms with E-state index in [1.807, 2.05) is 5.38 Å². The molecule has 2 aromatic rings. The maximum Gasteiger partial charge on any atom is 0.126 e. The molecule has 1 aromatic carbocycles. The van der Waals surface area contributed by atoms with Gasteiger partial charge in [-0.05, 0) is 65.9 Å². The molecular weight excluding hydrogens is 276 g/mol. The first kappa shape index (κ1) is 15.1. The molecule has 2 rings (SSSR count). The molecule has 1 N–H and O–H groups in total. The van der Waals surface area contributed by atoms with Gasteiger partial charge < -0.3 is 5.32 Å². The number of hydrogen-bond acceptors (Lipinski definition) is 2. The Hall–Kier alpha value is -1.26. The van der Waals surface area contributed by atoms with Gasteiger partial charge in [0.1, 0.15) is 11.6 Å². The van der Waals surface area contributed by atoms with Crippen LogP contribution in [0.5, 0.6) is 0 Å². The molecule has 4 heteroatoms. The van der Waals surface area contributed by atoms with E-state index in [0.717, 1.165) is 25.5 Å². The zero-order chi connectivity index (χ0) is 14.4. The van der Waals surface area contributed by atoms with Crippen LogP contribution in [0.15, 0.2) is 35.0 Å². The van der Waals surface area contributed by atoms with Crippen LogP contribution in [0, 0.1) is 11.6 Å². The molecule has 20 heavy (non-hydrogen) atoms. The minimum atomic E-state index is -0.509. The molecule has 1 nitrogen and oxygen atoms in total. The van der Waals surface area contributed by atoms with Crippen molar-refractivity contribution >= 4 is 11.3 Å². The molecular formula is C16H19F2NS. The summed E-state index contributed by atoms with van der Waals surface area (Å²) in [6.07, 6.45) is 2.55. The van der Waals surface area contributed by atoms with E-state index < -0.39 is 11.6 Å². The zero-order valence-electron chi connectivity index (χ0n) is 11.5. The van der Waals surface area contributed by atoms with Crippen LogP contribution in [0.2, 0.25) is 0 Å². The van der Waals surface area contributed by atoms with E-state index in [2.05, 4.69) is 23.7 Å². The molecule has 0 aliphatic heterocycles. The second-order valence-corrected chi connectivity index (χ2v) is 5.75. The third kappa shape index (κ3) is 4.69. The Bertz CT molecular complexity index is 505. The van der Waals surface area contributed by atoms with Gasteiger partial charge in [-0.25, -0.2) is 8.78 Å². The molecule has 1 atom stereocenters. The molecule has 0 bridgehead atoms. The molecule has 0 aliphatic carbocycles. The van der Waals surface area contributed by atoms with E-state index in [0.29, 0.717) is 12.0 Å². The molecule has 1 unspecified atom stereocenters. The lowest BCUT2D eigenvalue weighted by molar-refractivity contribution is 0.501. The highest BCUT2D eigenvalue weighted by Crippen LogP contribution is 2.14. The van der Waals surface area contributed by atoms with Crippen LogP contribution in [0.25, 0.3) is 0 Å². The highest BCUT2D eigenvalue weighted by Gasteiger charge is 2.12. The predicted molar refractivity (Wildman–Crippen MR) is 80.2 cm³/mol. The van der Waals surface area contributed by atoms with Gasteiger partial charge >= 0.3 is 0 Å². The van der Waals surface area contributed by atoms with Crippen molar-refractivity contribution < 1.29 is 8.78 Å².